The molecular formula is C26H21NO2. The number of carboxylic acid groups (broad SMARTS) is 1. The van der Waals surface area contributed by atoms with Gasteiger partial charge in [0.1, 0.15) is 0 Å². The maximum Gasteiger partial charge on any atom is 0.307 e. The predicted molar refractivity (Wildman–Crippen MR) is 115 cm³/mol. The van der Waals surface area contributed by atoms with Crippen LogP contribution < -0.4 is 0 Å². The summed E-state index contributed by atoms with van der Waals surface area (Å²) in [5, 5.41) is 9.22. The molecule has 5 rings (SSSR count). The molecule has 1 heterocycles. The van der Waals surface area contributed by atoms with E-state index in [1.807, 2.05) is 24.3 Å². The minimum Gasteiger partial charge on any atom is -0.481 e. The van der Waals surface area contributed by atoms with Gasteiger partial charge in [0.2, 0.25) is 0 Å². The lowest BCUT2D eigenvalue weighted by Crippen LogP contribution is -2.09. The predicted octanol–water partition coefficient (Wildman–Crippen LogP) is 5.54. The van der Waals surface area contributed by atoms with E-state index >= 15 is 0 Å². The SMILES string of the molecule is O=C(O)Cc1cccc(-n2c(-c3ccccc3)cc3c2CCc2ccccc2-3)c1. The van der Waals surface area contributed by atoms with Gasteiger partial charge < -0.3 is 9.67 Å². The molecule has 1 aliphatic rings. The zero-order chi connectivity index (χ0) is 19.8. The molecule has 3 nitrogen and oxygen atoms in total. The molecule has 4 aromatic rings. The number of carboxylic acids is 1. The summed E-state index contributed by atoms with van der Waals surface area (Å²) in [4.78, 5) is 11.2. The Kier molecular flexibility index (Phi) is 4.28. The van der Waals surface area contributed by atoms with Crippen molar-refractivity contribution in [1.82, 2.24) is 4.57 Å². The van der Waals surface area contributed by atoms with E-state index in [1.165, 1.54) is 22.4 Å². The fraction of sp³-hybridized carbons (Fsp3) is 0.115. The van der Waals surface area contributed by atoms with Gasteiger partial charge >= 0.3 is 5.97 Å². The summed E-state index contributed by atoms with van der Waals surface area (Å²) in [5.41, 5.74) is 9.37. The van der Waals surface area contributed by atoms with E-state index < -0.39 is 5.97 Å². The van der Waals surface area contributed by atoms with E-state index in [9.17, 15) is 9.90 Å². The standard InChI is InChI=1S/C26H21NO2/c28-26(29)16-18-7-6-11-21(15-18)27-24-14-13-19-8-4-5-12-22(19)23(24)17-25(27)20-9-2-1-3-10-20/h1-12,15,17H,13-14,16H2,(H,28,29). The molecule has 3 aromatic carbocycles. The molecule has 1 aromatic heterocycles. The topological polar surface area (TPSA) is 42.2 Å². The number of benzene rings is 3. The Hall–Kier alpha value is -3.59. The van der Waals surface area contributed by atoms with Crippen molar-refractivity contribution in [2.75, 3.05) is 0 Å². The van der Waals surface area contributed by atoms with Crippen molar-refractivity contribution in [2.24, 2.45) is 0 Å². The van der Waals surface area contributed by atoms with Crippen LogP contribution >= 0.6 is 0 Å². The molecule has 0 radical (unpaired) electrons. The van der Waals surface area contributed by atoms with Gasteiger partial charge in [-0.2, -0.15) is 0 Å². The second-order valence-corrected chi connectivity index (χ2v) is 7.49. The highest BCUT2D eigenvalue weighted by Crippen LogP contribution is 2.40. The van der Waals surface area contributed by atoms with Crippen molar-refractivity contribution in [1.29, 1.82) is 0 Å². The maximum absolute atomic E-state index is 11.2. The van der Waals surface area contributed by atoms with Crippen LogP contribution in [0.4, 0.5) is 0 Å². The Bertz CT molecular complexity index is 1200. The number of hydrogen-bond acceptors (Lipinski definition) is 1. The molecule has 1 aliphatic carbocycles. The van der Waals surface area contributed by atoms with E-state index in [1.54, 1.807) is 0 Å². The lowest BCUT2D eigenvalue weighted by atomic mass is 9.90. The molecule has 29 heavy (non-hydrogen) atoms. The van der Waals surface area contributed by atoms with Gasteiger partial charge in [-0.15, -0.1) is 0 Å². The van der Waals surface area contributed by atoms with E-state index in [4.69, 9.17) is 0 Å². The number of rotatable bonds is 4. The van der Waals surface area contributed by atoms with E-state index in [0.717, 1.165) is 35.3 Å². The number of aliphatic carboxylic acids is 1. The quantitative estimate of drug-likeness (QED) is 0.506. The normalized spacial score (nSPS) is 12.3. The van der Waals surface area contributed by atoms with Gasteiger partial charge in [0, 0.05) is 16.9 Å². The molecule has 0 fully saturated rings. The molecular weight excluding hydrogens is 358 g/mol. The van der Waals surface area contributed by atoms with Crippen LogP contribution in [0.5, 0.6) is 0 Å². The van der Waals surface area contributed by atoms with Crippen LogP contribution in [0.25, 0.3) is 28.1 Å². The van der Waals surface area contributed by atoms with E-state index in [-0.39, 0.29) is 6.42 Å². The summed E-state index contributed by atoms with van der Waals surface area (Å²) in [6, 6.07) is 29.2. The Morgan fingerprint density at radius 3 is 2.45 bits per heavy atom. The Morgan fingerprint density at radius 2 is 1.62 bits per heavy atom. The molecule has 0 aliphatic heterocycles. The number of aryl methyl sites for hydroxylation is 1. The second-order valence-electron chi connectivity index (χ2n) is 7.49. The van der Waals surface area contributed by atoms with Crippen LogP contribution in [0.1, 0.15) is 16.8 Å². The largest absolute Gasteiger partial charge is 0.481 e. The van der Waals surface area contributed by atoms with Crippen molar-refractivity contribution in [2.45, 2.75) is 19.3 Å². The Morgan fingerprint density at radius 1 is 0.828 bits per heavy atom. The summed E-state index contributed by atoms with van der Waals surface area (Å²) < 4.78 is 2.31. The first-order valence-electron chi connectivity index (χ1n) is 9.90. The first-order valence-corrected chi connectivity index (χ1v) is 9.90. The molecule has 142 valence electrons. The monoisotopic (exact) mass is 379 g/mol. The van der Waals surface area contributed by atoms with Crippen LogP contribution in [0.15, 0.2) is 84.9 Å². The highest BCUT2D eigenvalue weighted by Gasteiger charge is 2.23. The van der Waals surface area contributed by atoms with Gasteiger partial charge in [-0.1, -0.05) is 66.7 Å². The maximum atomic E-state index is 11.2. The molecule has 0 atom stereocenters. The molecule has 3 heteroatoms. The molecule has 0 unspecified atom stereocenters. The zero-order valence-electron chi connectivity index (χ0n) is 16.0. The van der Waals surface area contributed by atoms with Crippen molar-refractivity contribution in [3.63, 3.8) is 0 Å². The van der Waals surface area contributed by atoms with Crippen LogP contribution in [0.2, 0.25) is 0 Å². The van der Waals surface area contributed by atoms with Crippen molar-refractivity contribution in [3.05, 3.63) is 102 Å². The van der Waals surface area contributed by atoms with Crippen LogP contribution in [-0.2, 0) is 24.1 Å². The van der Waals surface area contributed by atoms with Crippen LogP contribution in [-0.4, -0.2) is 15.6 Å². The van der Waals surface area contributed by atoms with E-state index in [0.29, 0.717) is 0 Å². The summed E-state index contributed by atoms with van der Waals surface area (Å²) in [6.07, 6.45) is 2.00. The molecule has 0 bridgehead atoms. The number of fused-ring (bicyclic) bond motifs is 3. The molecule has 0 spiro atoms. The van der Waals surface area contributed by atoms with Crippen LogP contribution in [0, 0.1) is 0 Å². The highest BCUT2D eigenvalue weighted by molar-refractivity contribution is 5.80. The van der Waals surface area contributed by atoms with Crippen molar-refractivity contribution in [3.8, 4) is 28.1 Å². The van der Waals surface area contributed by atoms with Crippen molar-refractivity contribution < 1.29 is 9.90 Å². The third-order valence-corrected chi connectivity index (χ3v) is 5.64. The van der Waals surface area contributed by atoms with Gasteiger partial charge in [0.05, 0.1) is 12.1 Å². The lowest BCUT2D eigenvalue weighted by Gasteiger charge is -2.20. The fourth-order valence-corrected chi connectivity index (χ4v) is 4.38. The second kappa shape index (κ2) is 7.10. The summed E-state index contributed by atoms with van der Waals surface area (Å²) in [5.74, 6) is -0.811. The van der Waals surface area contributed by atoms with E-state index in [2.05, 4.69) is 65.2 Å². The number of hydrogen-bond donors (Lipinski definition) is 1. The third-order valence-electron chi connectivity index (χ3n) is 5.64. The fourth-order valence-electron chi connectivity index (χ4n) is 4.38. The zero-order valence-corrected chi connectivity index (χ0v) is 16.0. The smallest absolute Gasteiger partial charge is 0.307 e. The summed E-state index contributed by atoms with van der Waals surface area (Å²) in [6.45, 7) is 0. The molecule has 0 saturated heterocycles. The summed E-state index contributed by atoms with van der Waals surface area (Å²) in [7, 11) is 0. The van der Waals surface area contributed by atoms with Gasteiger partial charge in [-0.05, 0) is 53.3 Å². The number of aromatic nitrogens is 1. The summed E-state index contributed by atoms with van der Waals surface area (Å²) >= 11 is 0. The minimum absolute atomic E-state index is 0.0286. The molecule has 1 N–H and O–H groups in total. The Labute approximate surface area is 169 Å². The first-order chi connectivity index (χ1) is 14.2. The minimum atomic E-state index is -0.811. The Balaban J connectivity index is 1.75. The number of nitrogens with zero attached hydrogens (tertiary/aromatic N) is 1. The van der Waals surface area contributed by atoms with Gasteiger partial charge in [-0.3, -0.25) is 4.79 Å². The number of carbonyl (C=O) groups is 1. The van der Waals surface area contributed by atoms with Crippen molar-refractivity contribution >= 4 is 5.97 Å². The van der Waals surface area contributed by atoms with Gasteiger partial charge in [0.25, 0.3) is 0 Å². The van der Waals surface area contributed by atoms with Crippen LogP contribution in [0.3, 0.4) is 0 Å². The molecule has 0 saturated carbocycles. The lowest BCUT2D eigenvalue weighted by molar-refractivity contribution is -0.136. The van der Waals surface area contributed by atoms with Gasteiger partial charge in [0.15, 0.2) is 0 Å². The molecule has 0 amide bonds. The van der Waals surface area contributed by atoms with Gasteiger partial charge in [-0.25, -0.2) is 0 Å². The first kappa shape index (κ1) is 17.5. The average molecular weight is 379 g/mol. The average Bonchev–Trinajstić information content (AvgIpc) is 3.14. The highest BCUT2D eigenvalue weighted by atomic mass is 16.4. The third kappa shape index (κ3) is 3.15.